The molecule has 180 valence electrons. The van der Waals surface area contributed by atoms with Crippen LogP contribution in [0, 0.1) is 5.82 Å². The Morgan fingerprint density at radius 2 is 1.56 bits per heavy atom. The van der Waals surface area contributed by atoms with E-state index in [-0.39, 0.29) is 16.6 Å². The third kappa shape index (κ3) is 4.54. The van der Waals surface area contributed by atoms with Crippen LogP contribution in [0.4, 0.5) is 9.52 Å². The smallest absolute Gasteiger partial charge is 0.253 e. The maximum absolute atomic E-state index is 14.0. The number of halogens is 1. The number of sulfonamides is 1. The molecule has 7 nitrogen and oxygen atoms in total. The molecule has 2 aliphatic heterocycles. The van der Waals surface area contributed by atoms with Crippen LogP contribution in [-0.4, -0.2) is 67.8 Å². The topological polar surface area (TPSA) is 73.8 Å². The third-order valence-corrected chi connectivity index (χ3v) is 9.49. The highest BCUT2D eigenvalue weighted by atomic mass is 32.2. The number of fused-ring (bicyclic) bond motifs is 1. The van der Waals surface area contributed by atoms with Crippen molar-refractivity contribution < 1.29 is 17.6 Å². The van der Waals surface area contributed by atoms with E-state index in [2.05, 4.69) is 9.88 Å². The van der Waals surface area contributed by atoms with Crippen molar-refractivity contribution in [2.75, 3.05) is 44.2 Å². The predicted octanol–water partition coefficient (Wildman–Crippen LogP) is 3.96. The van der Waals surface area contributed by atoms with E-state index in [0.29, 0.717) is 50.3 Å². The molecule has 0 bridgehead atoms. The molecule has 2 aromatic carbocycles. The van der Waals surface area contributed by atoms with E-state index in [0.717, 1.165) is 35.5 Å². The summed E-state index contributed by atoms with van der Waals surface area (Å²) < 4.78 is 42.3. The van der Waals surface area contributed by atoms with Gasteiger partial charge in [0.1, 0.15) is 11.3 Å². The standard InChI is InChI=1S/C24H27FN4O3S2/c25-20-6-5-7-21-22(20)26-24(33-21)28-16-14-27(15-17-28)23(30)18-8-10-19(11-9-18)34(31,32)29-12-3-1-2-4-13-29/h5-11H,1-4,12-17H2. The SMILES string of the molecule is O=C(c1ccc(S(=O)(=O)N2CCCCCC2)cc1)N1CCN(c2nc3c(F)cccc3s2)CC1. The number of piperazine rings is 1. The number of thiazole rings is 1. The predicted molar refractivity (Wildman–Crippen MR) is 131 cm³/mol. The Balaban J connectivity index is 1.23. The number of nitrogens with zero attached hydrogens (tertiary/aromatic N) is 4. The number of aromatic nitrogens is 1. The van der Waals surface area contributed by atoms with E-state index in [1.165, 1.54) is 17.4 Å². The van der Waals surface area contributed by atoms with Crippen molar-refractivity contribution in [1.82, 2.24) is 14.2 Å². The normalized spacial score (nSPS) is 18.3. The average molecular weight is 503 g/mol. The fourth-order valence-electron chi connectivity index (χ4n) is 4.52. The molecular formula is C24H27FN4O3S2. The second-order valence-corrected chi connectivity index (χ2v) is 11.7. The molecule has 5 rings (SSSR count). The Hall–Kier alpha value is -2.56. The number of hydrogen-bond acceptors (Lipinski definition) is 6. The Kier molecular flexibility index (Phi) is 6.54. The summed E-state index contributed by atoms with van der Waals surface area (Å²) in [6.45, 7) is 3.35. The number of amides is 1. The number of anilines is 1. The summed E-state index contributed by atoms with van der Waals surface area (Å²) in [6, 6.07) is 11.2. The maximum Gasteiger partial charge on any atom is 0.253 e. The van der Waals surface area contributed by atoms with Crippen LogP contribution in [0.3, 0.4) is 0 Å². The molecular weight excluding hydrogens is 475 g/mol. The fraction of sp³-hybridized carbons (Fsp3) is 0.417. The summed E-state index contributed by atoms with van der Waals surface area (Å²) in [4.78, 5) is 21.5. The molecule has 1 aromatic heterocycles. The van der Waals surface area contributed by atoms with E-state index in [1.54, 1.807) is 39.5 Å². The van der Waals surface area contributed by atoms with Crippen LogP contribution in [-0.2, 0) is 10.0 Å². The van der Waals surface area contributed by atoms with Gasteiger partial charge in [-0.2, -0.15) is 4.31 Å². The lowest BCUT2D eigenvalue weighted by atomic mass is 10.2. The molecule has 0 atom stereocenters. The molecule has 2 saturated heterocycles. The van der Waals surface area contributed by atoms with Crippen molar-refractivity contribution in [1.29, 1.82) is 0 Å². The van der Waals surface area contributed by atoms with Crippen LogP contribution >= 0.6 is 11.3 Å². The molecule has 0 N–H and O–H groups in total. The number of hydrogen-bond donors (Lipinski definition) is 0. The number of rotatable bonds is 4. The Morgan fingerprint density at radius 1 is 0.882 bits per heavy atom. The van der Waals surface area contributed by atoms with Crippen LogP contribution in [0.25, 0.3) is 10.2 Å². The van der Waals surface area contributed by atoms with Crippen LogP contribution in [0.5, 0.6) is 0 Å². The van der Waals surface area contributed by atoms with E-state index >= 15 is 0 Å². The van der Waals surface area contributed by atoms with Crippen molar-refractivity contribution in [3.05, 3.63) is 53.8 Å². The highest BCUT2D eigenvalue weighted by molar-refractivity contribution is 7.89. The van der Waals surface area contributed by atoms with Gasteiger partial charge in [0.2, 0.25) is 10.0 Å². The molecule has 34 heavy (non-hydrogen) atoms. The van der Waals surface area contributed by atoms with Crippen LogP contribution in [0.2, 0.25) is 0 Å². The molecule has 0 saturated carbocycles. The summed E-state index contributed by atoms with van der Waals surface area (Å²) in [5.74, 6) is -0.441. The molecule has 3 heterocycles. The highest BCUT2D eigenvalue weighted by Gasteiger charge is 2.27. The quantitative estimate of drug-likeness (QED) is 0.540. The molecule has 3 aromatic rings. The number of carbonyl (C=O) groups excluding carboxylic acids is 1. The van der Waals surface area contributed by atoms with Gasteiger partial charge in [-0.1, -0.05) is 30.2 Å². The Morgan fingerprint density at radius 3 is 2.21 bits per heavy atom. The van der Waals surface area contributed by atoms with Gasteiger partial charge in [-0.15, -0.1) is 0 Å². The van der Waals surface area contributed by atoms with Crippen molar-refractivity contribution in [2.24, 2.45) is 0 Å². The molecule has 1 amide bonds. The third-order valence-electron chi connectivity index (χ3n) is 6.50. The molecule has 0 unspecified atom stereocenters. The minimum atomic E-state index is -3.54. The lowest BCUT2D eigenvalue weighted by molar-refractivity contribution is 0.0746. The first-order chi connectivity index (χ1) is 16.4. The first kappa shape index (κ1) is 23.2. The first-order valence-corrected chi connectivity index (χ1v) is 13.9. The lowest BCUT2D eigenvalue weighted by Crippen LogP contribution is -2.48. The molecule has 10 heteroatoms. The van der Waals surface area contributed by atoms with E-state index in [9.17, 15) is 17.6 Å². The molecule has 2 fully saturated rings. The number of benzene rings is 2. The monoisotopic (exact) mass is 502 g/mol. The summed E-state index contributed by atoms with van der Waals surface area (Å²) in [7, 11) is -3.54. The van der Waals surface area contributed by atoms with Crippen LogP contribution in [0.15, 0.2) is 47.4 Å². The maximum atomic E-state index is 14.0. The van der Waals surface area contributed by atoms with Gasteiger partial charge in [0.25, 0.3) is 5.91 Å². The van der Waals surface area contributed by atoms with Gasteiger partial charge in [-0.05, 0) is 49.2 Å². The van der Waals surface area contributed by atoms with Crippen LogP contribution < -0.4 is 4.90 Å². The molecule has 0 spiro atoms. The van der Waals surface area contributed by atoms with Crippen molar-refractivity contribution in [3.63, 3.8) is 0 Å². The number of para-hydroxylation sites is 1. The largest absolute Gasteiger partial charge is 0.345 e. The zero-order valence-electron chi connectivity index (χ0n) is 18.8. The van der Waals surface area contributed by atoms with Gasteiger partial charge >= 0.3 is 0 Å². The van der Waals surface area contributed by atoms with Gasteiger partial charge in [-0.25, -0.2) is 17.8 Å². The first-order valence-electron chi connectivity index (χ1n) is 11.6. The van der Waals surface area contributed by atoms with Gasteiger partial charge in [-0.3, -0.25) is 4.79 Å². The summed E-state index contributed by atoms with van der Waals surface area (Å²) in [6.07, 6.45) is 3.88. The lowest BCUT2D eigenvalue weighted by Gasteiger charge is -2.34. The summed E-state index contributed by atoms with van der Waals surface area (Å²) >= 11 is 1.45. The van der Waals surface area contributed by atoms with E-state index in [1.807, 2.05) is 6.07 Å². The molecule has 0 radical (unpaired) electrons. The van der Waals surface area contributed by atoms with Crippen molar-refractivity contribution in [2.45, 2.75) is 30.6 Å². The van der Waals surface area contributed by atoms with Gasteiger partial charge in [0.15, 0.2) is 5.13 Å². The van der Waals surface area contributed by atoms with E-state index < -0.39 is 10.0 Å². The van der Waals surface area contributed by atoms with E-state index in [4.69, 9.17) is 0 Å². The Labute approximate surface area is 202 Å². The molecule has 0 aliphatic carbocycles. The number of carbonyl (C=O) groups is 1. The minimum Gasteiger partial charge on any atom is -0.345 e. The van der Waals surface area contributed by atoms with Crippen molar-refractivity contribution in [3.8, 4) is 0 Å². The average Bonchev–Trinajstić information content (AvgIpc) is 3.11. The minimum absolute atomic E-state index is 0.117. The highest BCUT2D eigenvalue weighted by Crippen LogP contribution is 2.31. The Bertz CT molecular complexity index is 1280. The van der Waals surface area contributed by atoms with Gasteiger partial charge < -0.3 is 9.80 Å². The van der Waals surface area contributed by atoms with Crippen LogP contribution in [0.1, 0.15) is 36.0 Å². The second-order valence-electron chi connectivity index (χ2n) is 8.70. The molecule has 2 aliphatic rings. The van der Waals surface area contributed by atoms with Gasteiger partial charge in [0.05, 0.1) is 9.60 Å². The summed E-state index contributed by atoms with van der Waals surface area (Å²) in [5.41, 5.74) is 0.863. The zero-order chi connectivity index (χ0) is 23.7. The summed E-state index contributed by atoms with van der Waals surface area (Å²) in [5, 5.41) is 0.760. The zero-order valence-corrected chi connectivity index (χ0v) is 20.5. The van der Waals surface area contributed by atoms with Crippen molar-refractivity contribution >= 4 is 42.6 Å². The fourth-order valence-corrected chi connectivity index (χ4v) is 7.07. The van der Waals surface area contributed by atoms with Gasteiger partial charge in [0, 0.05) is 44.8 Å². The second kappa shape index (κ2) is 9.59.